The molecule has 2 aromatic rings. The first-order valence-corrected chi connectivity index (χ1v) is 5.62. The van der Waals surface area contributed by atoms with Crippen LogP contribution in [0.2, 0.25) is 0 Å². The fraction of sp³-hybridized carbons (Fsp3) is 0.273. The molecule has 0 aliphatic carbocycles. The van der Waals surface area contributed by atoms with Crippen molar-refractivity contribution in [1.29, 1.82) is 0 Å². The van der Waals surface area contributed by atoms with Gasteiger partial charge in [-0.25, -0.2) is 0 Å². The quantitative estimate of drug-likeness (QED) is 0.843. The number of hydrogen-bond acceptors (Lipinski definition) is 4. The Morgan fingerprint density at radius 3 is 2.33 bits per heavy atom. The Balaban J connectivity index is 2.44. The second-order valence-corrected chi connectivity index (χ2v) is 4.64. The van der Waals surface area contributed by atoms with Gasteiger partial charge in [0.2, 0.25) is 0 Å². The van der Waals surface area contributed by atoms with Gasteiger partial charge in [-0.15, -0.1) is 10.2 Å². The zero-order valence-electron chi connectivity index (χ0n) is 8.82. The van der Waals surface area contributed by atoms with Crippen LogP contribution >= 0.6 is 11.3 Å². The van der Waals surface area contributed by atoms with Gasteiger partial charge in [-0.1, -0.05) is 28.5 Å². The molecule has 0 spiro atoms. The molecule has 0 aliphatic heterocycles. The zero-order valence-corrected chi connectivity index (χ0v) is 9.64. The maximum absolute atomic E-state index is 5.51. The first-order valence-electron chi connectivity index (χ1n) is 4.80. The smallest absolute Gasteiger partial charge is 0.147 e. The summed E-state index contributed by atoms with van der Waals surface area (Å²) in [6, 6.07) is 6.38. The topological polar surface area (TPSA) is 51.8 Å². The van der Waals surface area contributed by atoms with Crippen LogP contribution in [0.4, 0.5) is 0 Å². The number of hydrogen-bond donors (Lipinski definition) is 1. The van der Waals surface area contributed by atoms with E-state index in [0.29, 0.717) is 6.54 Å². The van der Waals surface area contributed by atoms with Gasteiger partial charge in [0, 0.05) is 12.1 Å². The SMILES string of the molecule is Cc1cc(C)cc(-c2nnc(CN)s2)c1. The third-order valence-electron chi connectivity index (χ3n) is 2.11. The second-order valence-electron chi connectivity index (χ2n) is 3.58. The summed E-state index contributed by atoms with van der Waals surface area (Å²) < 4.78 is 0. The van der Waals surface area contributed by atoms with E-state index in [1.54, 1.807) is 11.3 Å². The lowest BCUT2D eigenvalue weighted by atomic mass is 10.1. The van der Waals surface area contributed by atoms with Crippen molar-refractivity contribution in [3.63, 3.8) is 0 Å². The minimum absolute atomic E-state index is 0.461. The van der Waals surface area contributed by atoms with Crippen molar-refractivity contribution < 1.29 is 0 Å². The number of aryl methyl sites for hydroxylation is 2. The molecule has 2 rings (SSSR count). The van der Waals surface area contributed by atoms with Gasteiger partial charge in [0.1, 0.15) is 10.0 Å². The summed E-state index contributed by atoms with van der Waals surface area (Å²) >= 11 is 1.56. The van der Waals surface area contributed by atoms with Crippen molar-refractivity contribution in [3.8, 4) is 10.6 Å². The Labute approximate surface area is 93.0 Å². The van der Waals surface area contributed by atoms with Crippen LogP contribution in [0.5, 0.6) is 0 Å². The molecule has 0 saturated heterocycles. The number of nitrogens with zero attached hydrogens (tertiary/aromatic N) is 2. The molecular formula is C11H13N3S. The summed E-state index contributed by atoms with van der Waals surface area (Å²) in [5.41, 5.74) is 9.13. The second kappa shape index (κ2) is 4.08. The fourth-order valence-electron chi connectivity index (χ4n) is 1.55. The van der Waals surface area contributed by atoms with Crippen molar-refractivity contribution in [3.05, 3.63) is 34.3 Å². The standard InChI is InChI=1S/C11H13N3S/c1-7-3-8(2)5-9(4-7)11-14-13-10(6-12)15-11/h3-5H,6,12H2,1-2H3. The fourth-order valence-corrected chi connectivity index (χ4v) is 2.26. The van der Waals surface area contributed by atoms with E-state index in [-0.39, 0.29) is 0 Å². The van der Waals surface area contributed by atoms with E-state index in [0.717, 1.165) is 15.6 Å². The summed E-state index contributed by atoms with van der Waals surface area (Å²) in [5, 5.41) is 9.97. The van der Waals surface area contributed by atoms with Crippen LogP contribution in [0.25, 0.3) is 10.6 Å². The highest BCUT2D eigenvalue weighted by Crippen LogP contribution is 2.25. The molecule has 0 radical (unpaired) electrons. The van der Waals surface area contributed by atoms with Crippen molar-refractivity contribution in [2.45, 2.75) is 20.4 Å². The molecule has 0 unspecified atom stereocenters. The first-order chi connectivity index (χ1) is 7.19. The van der Waals surface area contributed by atoms with Crippen LogP contribution in [0.15, 0.2) is 18.2 Å². The molecule has 0 fully saturated rings. The van der Waals surface area contributed by atoms with E-state index in [9.17, 15) is 0 Å². The van der Waals surface area contributed by atoms with Crippen LogP contribution < -0.4 is 5.73 Å². The van der Waals surface area contributed by atoms with Crippen LogP contribution in [-0.2, 0) is 6.54 Å². The van der Waals surface area contributed by atoms with Crippen LogP contribution in [0.1, 0.15) is 16.1 Å². The molecule has 4 heteroatoms. The number of rotatable bonds is 2. The van der Waals surface area contributed by atoms with Gasteiger partial charge in [0.05, 0.1) is 0 Å². The molecule has 1 aromatic carbocycles. The molecular weight excluding hydrogens is 206 g/mol. The van der Waals surface area contributed by atoms with Crippen LogP contribution in [0.3, 0.4) is 0 Å². The molecule has 2 N–H and O–H groups in total. The molecule has 78 valence electrons. The zero-order chi connectivity index (χ0) is 10.8. The highest BCUT2D eigenvalue weighted by molar-refractivity contribution is 7.14. The average molecular weight is 219 g/mol. The van der Waals surface area contributed by atoms with Crippen molar-refractivity contribution in [2.24, 2.45) is 5.73 Å². The Morgan fingerprint density at radius 1 is 1.13 bits per heavy atom. The van der Waals surface area contributed by atoms with E-state index in [4.69, 9.17) is 5.73 Å². The third-order valence-corrected chi connectivity index (χ3v) is 3.10. The molecule has 0 saturated carbocycles. The minimum atomic E-state index is 0.461. The van der Waals surface area contributed by atoms with Gasteiger partial charge in [0.25, 0.3) is 0 Å². The van der Waals surface area contributed by atoms with Crippen molar-refractivity contribution in [2.75, 3.05) is 0 Å². The predicted octanol–water partition coefficient (Wildman–Crippen LogP) is 2.28. The maximum Gasteiger partial charge on any atom is 0.147 e. The normalized spacial score (nSPS) is 10.6. The lowest BCUT2D eigenvalue weighted by Gasteiger charge is -2.00. The number of benzene rings is 1. The Bertz CT molecular complexity index is 456. The minimum Gasteiger partial charge on any atom is -0.324 e. The van der Waals surface area contributed by atoms with Gasteiger partial charge < -0.3 is 5.73 Å². The average Bonchev–Trinajstić information content (AvgIpc) is 2.64. The van der Waals surface area contributed by atoms with E-state index in [1.807, 2.05) is 0 Å². The lowest BCUT2D eigenvalue weighted by Crippen LogP contribution is -1.94. The van der Waals surface area contributed by atoms with Crippen LogP contribution in [0, 0.1) is 13.8 Å². The first kappa shape index (κ1) is 10.3. The lowest BCUT2D eigenvalue weighted by molar-refractivity contribution is 0.960. The monoisotopic (exact) mass is 219 g/mol. The van der Waals surface area contributed by atoms with Crippen molar-refractivity contribution in [1.82, 2.24) is 10.2 Å². The summed E-state index contributed by atoms with van der Waals surface area (Å²) in [6.07, 6.45) is 0. The molecule has 0 atom stereocenters. The van der Waals surface area contributed by atoms with Gasteiger partial charge in [-0.05, 0) is 26.0 Å². The number of aromatic nitrogens is 2. The highest BCUT2D eigenvalue weighted by Gasteiger charge is 2.06. The largest absolute Gasteiger partial charge is 0.324 e. The van der Waals surface area contributed by atoms with E-state index < -0.39 is 0 Å². The van der Waals surface area contributed by atoms with E-state index in [1.165, 1.54) is 11.1 Å². The molecule has 3 nitrogen and oxygen atoms in total. The van der Waals surface area contributed by atoms with E-state index >= 15 is 0 Å². The third kappa shape index (κ3) is 2.22. The summed E-state index contributed by atoms with van der Waals surface area (Å²) in [5.74, 6) is 0. The molecule has 0 aliphatic rings. The Morgan fingerprint density at radius 2 is 1.80 bits per heavy atom. The van der Waals surface area contributed by atoms with Gasteiger partial charge in [-0.2, -0.15) is 0 Å². The Kier molecular flexibility index (Phi) is 2.79. The maximum atomic E-state index is 5.51. The molecule has 1 heterocycles. The molecule has 0 bridgehead atoms. The van der Waals surface area contributed by atoms with E-state index in [2.05, 4.69) is 42.2 Å². The molecule has 1 aromatic heterocycles. The summed E-state index contributed by atoms with van der Waals surface area (Å²) in [4.78, 5) is 0. The highest BCUT2D eigenvalue weighted by atomic mass is 32.1. The summed E-state index contributed by atoms with van der Waals surface area (Å²) in [6.45, 7) is 4.63. The number of nitrogens with two attached hydrogens (primary N) is 1. The van der Waals surface area contributed by atoms with Crippen LogP contribution in [-0.4, -0.2) is 10.2 Å². The molecule has 15 heavy (non-hydrogen) atoms. The van der Waals surface area contributed by atoms with Gasteiger partial charge >= 0.3 is 0 Å². The van der Waals surface area contributed by atoms with Gasteiger partial charge in [0.15, 0.2) is 0 Å². The van der Waals surface area contributed by atoms with Crippen molar-refractivity contribution >= 4 is 11.3 Å². The summed E-state index contributed by atoms with van der Waals surface area (Å²) in [7, 11) is 0. The molecule has 0 amide bonds. The Hall–Kier alpha value is -1.26. The van der Waals surface area contributed by atoms with Gasteiger partial charge in [-0.3, -0.25) is 0 Å². The predicted molar refractivity (Wildman–Crippen MR) is 62.7 cm³/mol.